The monoisotopic (exact) mass is 403 g/mol. The molecule has 6 nitrogen and oxygen atoms in total. The molecule has 0 aliphatic carbocycles. The number of hydrogen-bond acceptors (Lipinski definition) is 5. The molecule has 1 aliphatic heterocycles. The Labute approximate surface area is 166 Å². The van der Waals surface area contributed by atoms with Gasteiger partial charge in [-0.25, -0.2) is 9.18 Å². The second-order valence-corrected chi connectivity index (χ2v) is 7.02. The molecule has 0 bridgehead atoms. The van der Waals surface area contributed by atoms with Gasteiger partial charge in [-0.05, 0) is 35.2 Å². The molecule has 0 saturated heterocycles. The van der Waals surface area contributed by atoms with Crippen LogP contribution >= 0.6 is 11.6 Å². The number of hydrogen-bond donors (Lipinski definition) is 1. The molecule has 2 heterocycles. The SMILES string of the molecule is COC(=O)NC1=NCc2cc(CC(=O)C[C@H](C)c3ccc(F)c(Cl)c3)ncc21. The first-order valence-corrected chi connectivity index (χ1v) is 9.09. The van der Waals surface area contributed by atoms with Gasteiger partial charge >= 0.3 is 6.09 Å². The number of carbonyl (C=O) groups excluding carboxylic acids is 2. The molecular weight excluding hydrogens is 385 g/mol. The highest BCUT2D eigenvalue weighted by atomic mass is 35.5. The van der Waals surface area contributed by atoms with E-state index in [1.54, 1.807) is 18.3 Å². The summed E-state index contributed by atoms with van der Waals surface area (Å²) in [7, 11) is 1.28. The summed E-state index contributed by atoms with van der Waals surface area (Å²) in [6.45, 7) is 2.30. The fraction of sp³-hybridized carbons (Fsp3) is 0.300. The molecular formula is C20H19ClFN3O3. The minimum Gasteiger partial charge on any atom is -0.453 e. The minimum absolute atomic E-state index is 0.0206. The van der Waals surface area contributed by atoms with Crippen LogP contribution in [0.3, 0.4) is 0 Å². The van der Waals surface area contributed by atoms with Crippen molar-refractivity contribution in [3.05, 3.63) is 63.7 Å². The number of pyridine rings is 1. The van der Waals surface area contributed by atoms with E-state index in [1.807, 2.05) is 13.0 Å². The summed E-state index contributed by atoms with van der Waals surface area (Å²) in [5, 5.41) is 2.59. The third kappa shape index (κ3) is 4.54. The minimum atomic E-state index is -0.597. The van der Waals surface area contributed by atoms with Crippen molar-refractivity contribution < 1.29 is 18.7 Å². The predicted molar refractivity (Wildman–Crippen MR) is 103 cm³/mol. The standard InChI is InChI=1S/C20H19ClFN3O3/c1-11(12-3-4-18(22)17(21)7-12)5-15(26)8-14-6-13-9-24-19(16(13)10-23-14)25-20(27)28-2/h3-4,6-7,10-11H,5,8-9H2,1-2H3,(H,24,25,27)/t11-/m0/s1. The number of fused-ring (bicyclic) bond motifs is 1. The van der Waals surface area contributed by atoms with Gasteiger partial charge in [0, 0.05) is 30.3 Å². The zero-order chi connectivity index (χ0) is 20.3. The van der Waals surface area contributed by atoms with Gasteiger partial charge in [-0.2, -0.15) is 0 Å². The number of nitrogens with one attached hydrogen (secondary N) is 1. The molecule has 8 heteroatoms. The lowest BCUT2D eigenvalue weighted by molar-refractivity contribution is -0.118. The van der Waals surface area contributed by atoms with Crippen LogP contribution in [0.2, 0.25) is 5.02 Å². The van der Waals surface area contributed by atoms with Crippen molar-refractivity contribution in [1.82, 2.24) is 10.3 Å². The molecule has 2 aromatic rings. The second-order valence-electron chi connectivity index (χ2n) is 6.61. The maximum Gasteiger partial charge on any atom is 0.412 e. The first-order valence-electron chi connectivity index (χ1n) is 8.71. The number of methoxy groups -OCH3 is 1. The maximum atomic E-state index is 13.3. The first-order chi connectivity index (χ1) is 13.4. The van der Waals surface area contributed by atoms with Crippen LogP contribution in [0.1, 0.15) is 41.6 Å². The number of alkyl carbamates (subject to hydrolysis) is 1. The normalized spacial score (nSPS) is 13.5. The fourth-order valence-electron chi connectivity index (χ4n) is 3.04. The van der Waals surface area contributed by atoms with Gasteiger partial charge in [-0.15, -0.1) is 0 Å². The number of amidine groups is 1. The number of nitrogens with zero attached hydrogens (tertiary/aromatic N) is 2. The van der Waals surface area contributed by atoms with Crippen LogP contribution in [0.4, 0.5) is 9.18 Å². The van der Waals surface area contributed by atoms with Crippen LogP contribution < -0.4 is 5.32 Å². The molecule has 1 aromatic heterocycles. The lowest BCUT2D eigenvalue weighted by Crippen LogP contribution is -2.30. The number of benzene rings is 1. The average Bonchev–Trinajstić information content (AvgIpc) is 3.05. The topological polar surface area (TPSA) is 80.6 Å². The van der Waals surface area contributed by atoms with Crippen molar-refractivity contribution in [2.75, 3.05) is 7.11 Å². The summed E-state index contributed by atoms with van der Waals surface area (Å²) in [6.07, 6.45) is 1.49. The van der Waals surface area contributed by atoms with Crippen LogP contribution in [0, 0.1) is 5.82 Å². The van der Waals surface area contributed by atoms with E-state index in [4.69, 9.17) is 11.6 Å². The van der Waals surface area contributed by atoms with Crippen molar-refractivity contribution >= 4 is 29.3 Å². The van der Waals surface area contributed by atoms with E-state index in [0.29, 0.717) is 24.5 Å². The highest BCUT2D eigenvalue weighted by Gasteiger charge is 2.20. The van der Waals surface area contributed by atoms with Gasteiger partial charge < -0.3 is 4.74 Å². The van der Waals surface area contributed by atoms with Gasteiger partial charge in [0.05, 0.1) is 18.7 Å². The zero-order valence-electron chi connectivity index (χ0n) is 15.5. The molecule has 0 saturated carbocycles. The Balaban J connectivity index is 1.62. The van der Waals surface area contributed by atoms with Crippen LogP contribution in [0.25, 0.3) is 0 Å². The summed E-state index contributed by atoms with van der Waals surface area (Å²) in [6, 6.07) is 6.32. The van der Waals surface area contributed by atoms with E-state index in [1.165, 1.54) is 13.2 Å². The fourth-order valence-corrected chi connectivity index (χ4v) is 3.23. The van der Waals surface area contributed by atoms with Gasteiger partial charge in [-0.1, -0.05) is 24.6 Å². The molecule has 1 atom stereocenters. The Bertz CT molecular complexity index is 962. The molecule has 1 aliphatic rings. The summed E-state index contributed by atoms with van der Waals surface area (Å²) in [4.78, 5) is 32.4. The van der Waals surface area contributed by atoms with Gasteiger partial charge in [0.25, 0.3) is 0 Å². The van der Waals surface area contributed by atoms with Gasteiger partial charge in [0.1, 0.15) is 17.4 Å². The van der Waals surface area contributed by atoms with Crippen molar-refractivity contribution in [3.63, 3.8) is 0 Å². The molecule has 146 valence electrons. The van der Waals surface area contributed by atoms with Gasteiger partial charge in [0.15, 0.2) is 0 Å². The second kappa shape index (κ2) is 8.48. The van der Waals surface area contributed by atoms with Crippen molar-refractivity contribution in [1.29, 1.82) is 0 Å². The van der Waals surface area contributed by atoms with E-state index in [-0.39, 0.29) is 23.1 Å². The summed E-state index contributed by atoms with van der Waals surface area (Å²) < 4.78 is 17.9. The number of ether oxygens (including phenoxy) is 1. The highest BCUT2D eigenvalue weighted by Crippen LogP contribution is 2.25. The number of halogens is 2. The number of ketones is 1. The molecule has 0 unspecified atom stereocenters. The lowest BCUT2D eigenvalue weighted by Gasteiger charge is -2.12. The summed E-state index contributed by atoms with van der Waals surface area (Å²) in [5.74, 6) is -0.130. The van der Waals surface area contributed by atoms with E-state index >= 15 is 0 Å². The van der Waals surface area contributed by atoms with Crippen LogP contribution in [0.15, 0.2) is 35.5 Å². The number of carbonyl (C=O) groups is 2. The van der Waals surface area contributed by atoms with Gasteiger partial charge in [-0.3, -0.25) is 20.1 Å². The van der Waals surface area contributed by atoms with Crippen molar-refractivity contribution in [3.8, 4) is 0 Å². The third-order valence-corrected chi connectivity index (χ3v) is 4.83. The zero-order valence-corrected chi connectivity index (χ0v) is 16.2. The molecule has 28 heavy (non-hydrogen) atoms. The molecule has 1 amide bonds. The van der Waals surface area contributed by atoms with Crippen molar-refractivity contribution in [2.45, 2.75) is 32.2 Å². The Morgan fingerprint density at radius 2 is 2.14 bits per heavy atom. The summed E-state index contributed by atoms with van der Waals surface area (Å²) in [5.41, 5.74) is 3.06. The molecule has 3 rings (SSSR count). The quantitative estimate of drug-likeness (QED) is 0.823. The Hall–Kier alpha value is -2.80. The van der Waals surface area contributed by atoms with Crippen molar-refractivity contribution in [2.24, 2.45) is 4.99 Å². The smallest absolute Gasteiger partial charge is 0.412 e. The van der Waals surface area contributed by atoms with Crippen LogP contribution in [0.5, 0.6) is 0 Å². The number of aliphatic imine (C=N–C) groups is 1. The van der Waals surface area contributed by atoms with Crippen LogP contribution in [-0.2, 0) is 22.5 Å². The lowest BCUT2D eigenvalue weighted by atomic mass is 9.94. The van der Waals surface area contributed by atoms with Crippen LogP contribution in [-0.4, -0.2) is 29.8 Å². The molecule has 1 aromatic carbocycles. The first kappa shape index (κ1) is 19.9. The Morgan fingerprint density at radius 1 is 1.36 bits per heavy atom. The number of rotatable bonds is 5. The van der Waals surface area contributed by atoms with E-state index in [9.17, 15) is 14.0 Å². The van der Waals surface area contributed by atoms with E-state index in [2.05, 4.69) is 20.0 Å². The predicted octanol–water partition coefficient (Wildman–Crippen LogP) is 3.80. The Kier molecular flexibility index (Phi) is 6.04. The van der Waals surface area contributed by atoms with Gasteiger partial charge in [0.2, 0.25) is 0 Å². The molecule has 0 fully saturated rings. The molecule has 0 spiro atoms. The number of Topliss-reactive ketones (excluding diaryl/α,β-unsaturated/α-hetero) is 1. The average molecular weight is 404 g/mol. The molecule has 0 radical (unpaired) electrons. The molecule has 1 N–H and O–H groups in total. The largest absolute Gasteiger partial charge is 0.453 e. The number of amides is 1. The maximum absolute atomic E-state index is 13.3. The Morgan fingerprint density at radius 3 is 2.86 bits per heavy atom. The van der Waals surface area contributed by atoms with E-state index in [0.717, 1.165) is 16.7 Å². The third-order valence-electron chi connectivity index (χ3n) is 4.54. The van der Waals surface area contributed by atoms with E-state index < -0.39 is 11.9 Å². The highest BCUT2D eigenvalue weighted by molar-refractivity contribution is 6.30. The number of aromatic nitrogens is 1. The summed E-state index contributed by atoms with van der Waals surface area (Å²) >= 11 is 5.82.